The van der Waals surface area contributed by atoms with Gasteiger partial charge in [-0.25, -0.2) is 9.59 Å². The zero-order valence-corrected chi connectivity index (χ0v) is 18.0. The highest BCUT2D eigenvalue weighted by Gasteiger charge is 2.30. The third-order valence-electron chi connectivity index (χ3n) is 5.05. The van der Waals surface area contributed by atoms with Crippen LogP contribution in [-0.2, 0) is 27.2 Å². The molecule has 1 heterocycles. The zero-order chi connectivity index (χ0) is 21.2. The molecule has 3 rings (SSSR count). The fourth-order valence-electron chi connectivity index (χ4n) is 3.42. The lowest BCUT2D eigenvalue weighted by Gasteiger charge is -2.33. The van der Waals surface area contributed by atoms with Gasteiger partial charge in [-0.1, -0.05) is 12.1 Å². The Morgan fingerprint density at radius 3 is 2.62 bits per heavy atom. The van der Waals surface area contributed by atoms with Crippen LogP contribution in [0.25, 0.3) is 0 Å². The van der Waals surface area contributed by atoms with E-state index in [9.17, 15) is 9.59 Å². The molecule has 0 spiro atoms. The number of hydrogen-bond acceptors (Lipinski definition) is 6. The van der Waals surface area contributed by atoms with Crippen molar-refractivity contribution in [2.75, 3.05) is 25.2 Å². The largest absolute Gasteiger partial charge is 0.464 e. The number of carbonyl (C=O) groups is 2. The van der Waals surface area contributed by atoms with E-state index in [4.69, 9.17) is 9.47 Å². The van der Waals surface area contributed by atoms with Crippen LogP contribution < -0.4 is 5.01 Å². The number of esters is 1. The SMILES string of the molecule is COC(=O)C(C)=NN(CC1CC1)c1cccc2c1CCN(C(=O)OC(C)(C)C)C2. The molecule has 0 bridgehead atoms. The fourth-order valence-corrected chi connectivity index (χ4v) is 3.42. The maximum atomic E-state index is 12.5. The maximum absolute atomic E-state index is 12.5. The molecule has 1 aromatic rings. The van der Waals surface area contributed by atoms with Gasteiger partial charge in [0.25, 0.3) is 0 Å². The second-order valence-electron chi connectivity index (χ2n) is 8.77. The van der Waals surface area contributed by atoms with E-state index in [0.717, 1.165) is 24.2 Å². The van der Waals surface area contributed by atoms with E-state index in [-0.39, 0.29) is 6.09 Å². The molecule has 0 N–H and O–H groups in total. The van der Waals surface area contributed by atoms with Gasteiger partial charge in [0.05, 0.1) is 12.8 Å². The lowest BCUT2D eigenvalue weighted by Crippen LogP contribution is -2.40. The van der Waals surface area contributed by atoms with E-state index in [2.05, 4.69) is 5.10 Å². The molecule has 0 unspecified atom stereocenters. The minimum Gasteiger partial charge on any atom is -0.464 e. The molecule has 1 aromatic carbocycles. The molecule has 0 radical (unpaired) electrons. The van der Waals surface area contributed by atoms with Crippen molar-refractivity contribution >= 4 is 23.5 Å². The first-order valence-electron chi connectivity index (χ1n) is 10.2. The standard InChI is InChI=1S/C22H31N3O4/c1-15(20(26)28-5)23-25(13-16-9-10-16)19-8-6-7-17-14-24(12-11-18(17)19)21(27)29-22(2,3)4/h6-8,16H,9-14H2,1-5H3. The summed E-state index contributed by atoms with van der Waals surface area (Å²) in [5, 5.41) is 6.51. The van der Waals surface area contributed by atoms with E-state index < -0.39 is 11.6 Å². The van der Waals surface area contributed by atoms with Crippen molar-refractivity contribution in [3.05, 3.63) is 29.3 Å². The Hall–Kier alpha value is -2.57. The topological polar surface area (TPSA) is 71.4 Å². The van der Waals surface area contributed by atoms with Gasteiger partial charge in [0.2, 0.25) is 0 Å². The molecule has 1 saturated carbocycles. The summed E-state index contributed by atoms with van der Waals surface area (Å²) in [4.78, 5) is 26.1. The lowest BCUT2D eigenvalue weighted by molar-refractivity contribution is -0.132. The number of hydrogen-bond donors (Lipinski definition) is 0. The molecule has 29 heavy (non-hydrogen) atoms. The number of hydrazone groups is 1. The lowest BCUT2D eigenvalue weighted by atomic mass is 9.97. The third-order valence-corrected chi connectivity index (χ3v) is 5.05. The van der Waals surface area contributed by atoms with E-state index in [0.29, 0.717) is 24.7 Å². The number of carbonyl (C=O) groups excluding carboxylic acids is 2. The summed E-state index contributed by atoms with van der Waals surface area (Å²) < 4.78 is 10.3. The van der Waals surface area contributed by atoms with Crippen molar-refractivity contribution in [1.82, 2.24) is 4.90 Å². The van der Waals surface area contributed by atoms with E-state index in [1.807, 2.05) is 44.0 Å². The van der Waals surface area contributed by atoms with Crippen molar-refractivity contribution in [1.29, 1.82) is 0 Å². The highest BCUT2D eigenvalue weighted by molar-refractivity contribution is 6.35. The van der Waals surface area contributed by atoms with Crippen LogP contribution in [-0.4, -0.2) is 48.5 Å². The summed E-state index contributed by atoms with van der Waals surface area (Å²) in [5.41, 5.74) is 3.08. The van der Waals surface area contributed by atoms with Gasteiger partial charge in [0, 0.05) is 19.6 Å². The highest BCUT2D eigenvalue weighted by atomic mass is 16.6. The van der Waals surface area contributed by atoms with Gasteiger partial charge in [-0.15, -0.1) is 0 Å². The van der Waals surface area contributed by atoms with Gasteiger partial charge in [-0.05, 0) is 70.1 Å². The summed E-state index contributed by atoms with van der Waals surface area (Å²) in [6.07, 6.45) is 2.80. The summed E-state index contributed by atoms with van der Waals surface area (Å²) in [6.45, 7) is 9.17. The van der Waals surface area contributed by atoms with Crippen molar-refractivity contribution in [2.24, 2.45) is 11.0 Å². The zero-order valence-electron chi connectivity index (χ0n) is 18.0. The van der Waals surface area contributed by atoms with Crippen molar-refractivity contribution < 1.29 is 19.1 Å². The molecule has 1 aliphatic heterocycles. The number of anilines is 1. The van der Waals surface area contributed by atoms with Gasteiger partial charge in [0.15, 0.2) is 0 Å². The van der Waals surface area contributed by atoms with Crippen LogP contribution in [0.15, 0.2) is 23.3 Å². The van der Waals surface area contributed by atoms with E-state index >= 15 is 0 Å². The van der Waals surface area contributed by atoms with E-state index in [1.165, 1.54) is 25.5 Å². The Morgan fingerprint density at radius 2 is 2.00 bits per heavy atom. The van der Waals surface area contributed by atoms with Gasteiger partial charge in [-0.3, -0.25) is 5.01 Å². The Morgan fingerprint density at radius 1 is 1.28 bits per heavy atom. The molecular weight excluding hydrogens is 370 g/mol. The summed E-state index contributed by atoms with van der Waals surface area (Å²) in [5.74, 6) is 0.175. The third kappa shape index (κ3) is 5.49. The summed E-state index contributed by atoms with van der Waals surface area (Å²) in [7, 11) is 1.36. The van der Waals surface area contributed by atoms with Crippen molar-refractivity contribution in [3.8, 4) is 0 Å². The predicted octanol–water partition coefficient (Wildman–Crippen LogP) is 3.75. The first-order chi connectivity index (χ1) is 13.7. The first kappa shape index (κ1) is 21.1. The number of ether oxygens (including phenoxy) is 2. The van der Waals surface area contributed by atoms with Crippen LogP contribution in [0.4, 0.5) is 10.5 Å². The summed E-state index contributed by atoms with van der Waals surface area (Å²) in [6, 6.07) is 6.07. The average Bonchev–Trinajstić information content (AvgIpc) is 3.48. The molecule has 7 heteroatoms. The van der Waals surface area contributed by atoms with Crippen LogP contribution in [0, 0.1) is 5.92 Å². The van der Waals surface area contributed by atoms with Gasteiger partial charge in [-0.2, -0.15) is 5.10 Å². The minimum absolute atomic E-state index is 0.289. The van der Waals surface area contributed by atoms with Gasteiger partial charge in [0.1, 0.15) is 11.3 Å². The average molecular weight is 402 g/mol. The Bertz CT molecular complexity index is 809. The molecule has 0 atom stereocenters. The number of amides is 1. The Kier molecular flexibility index (Phi) is 6.15. The van der Waals surface area contributed by atoms with Gasteiger partial charge >= 0.3 is 12.1 Å². The monoisotopic (exact) mass is 401 g/mol. The van der Waals surface area contributed by atoms with Crippen LogP contribution in [0.3, 0.4) is 0 Å². The highest BCUT2D eigenvalue weighted by Crippen LogP contribution is 2.35. The van der Waals surface area contributed by atoms with Crippen molar-refractivity contribution in [2.45, 2.75) is 59.1 Å². The molecule has 0 saturated heterocycles. The van der Waals surface area contributed by atoms with Gasteiger partial charge < -0.3 is 14.4 Å². The smallest absolute Gasteiger partial charge is 0.410 e. The molecule has 7 nitrogen and oxygen atoms in total. The molecule has 1 amide bonds. The first-order valence-corrected chi connectivity index (χ1v) is 10.2. The second kappa shape index (κ2) is 8.43. The number of benzene rings is 1. The second-order valence-corrected chi connectivity index (χ2v) is 8.77. The van der Waals surface area contributed by atoms with E-state index in [1.54, 1.807) is 11.8 Å². The van der Waals surface area contributed by atoms with Crippen LogP contribution in [0.2, 0.25) is 0 Å². The molecule has 158 valence electrons. The predicted molar refractivity (Wildman–Crippen MR) is 112 cm³/mol. The number of nitrogens with zero attached hydrogens (tertiary/aromatic N) is 3. The number of rotatable bonds is 5. The molecular formula is C22H31N3O4. The quantitative estimate of drug-likeness (QED) is 0.427. The normalized spacial score (nSPS) is 16.9. The Labute approximate surface area is 172 Å². The van der Waals surface area contributed by atoms with Crippen LogP contribution in [0.5, 0.6) is 0 Å². The summed E-state index contributed by atoms with van der Waals surface area (Å²) >= 11 is 0. The number of methoxy groups -OCH3 is 1. The van der Waals surface area contributed by atoms with Crippen molar-refractivity contribution in [3.63, 3.8) is 0 Å². The molecule has 1 fully saturated rings. The maximum Gasteiger partial charge on any atom is 0.410 e. The van der Waals surface area contributed by atoms with Crippen LogP contribution >= 0.6 is 0 Å². The molecule has 1 aliphatic carbocycles. The van der Waals surface area contributed by atoms with Crippen LogP contribution in [0.1, 0.15) is 51.7 Å². The molecule has 2 aliphatic rings. The fraction of sp³-hybridized carbons (Fsp3) is 0.591. The minimum atomic E-state index is -0.513. The molecule has 0 aromatic heterocycles. The Balaban J connectivity index is 1.85. The number of fused-ring (bicyclic) bond motifs is 1.